The molecule has 1 saturated heterocycles. The Hall–Kier alpha value is -1.07. The monoisotopic (exact) mass is 273 g/mol. The molecule has 2 rings (SSSR count). The van der Waals surface area contributed by atoms with E-state index in [2.05, 4.69) is 0 Å². The molecule has 0 aromatic carbocycles. The molecule has 0 spiro atoms. The summed E-state index contributed by atoms with van der Waals surface area (Å²) in [5.74, 6) is -1.05. The summed E-state index contributed by atoms with van der Waals surface area (Å²) < 4.78 is 0.643. The van der Waals surface area contributed by atoms with Gasteiger partial charge >= 0.3 is 5.97 Å². The number of hydrogen-bond donors (Lipinski definition) is 1. The largest absolute Gasteiger partial charge is 0.480 e. The van der Waals surface area contributed by atoms with E-state index in [9.17, 15) is 9.59 Å². The third-order valence-corrected chi connectivity index (χ3v) is 4.04. The van der Waals surface area contributed by atoms with Crippen LogP contribution in [0.4, 0.5) is 0 Å². The Bertz CT molecular complexity index is 446. The van der Waals surface area contributed by atoms with Gasteiger partial charge in [0.15, 0.2) is 0 Å². The van der Waals surface area contributed by atoms with E-state index in [4.69, 9.17) is 16.7 Å². The smallest absolute Gasteiger partial charge is 0.326 e. The van der Waals surface area contributed by atoms with Crippen molar-refractivity contribution in [1.82, 2.24) is 4.90 Å². The number of carbonyl (C=O) groups excluding carboxylic acids is 1. The van der Waals surface area contributed by atoms with Crippen LogP contribution in [-0.4, -0.2) is 34.5 Å². The summed E-state index contributed by atoms with van der Waals surface area (Å²) in [7, 11) is 0. The van der Waals surface area contributed by atoms with E-state index < -0.39 is 12.0 Å². The van der Waals surface area contributed by atoms with Crippen molar-refractivity contribution >= 4 is 34.8 Å². The van der Waals surface area contributed by atoms with E-state index in [1.54, 1.807) is 12.1 Å². The Kier molecular flexibility index (Phi) is 3.69. The highest BCUT2D eigenvalue weighted by Crippen LogP contribution is 2.24. The van der Waals surface area contributed by atoms with Crippen LogP contribution in [0.1, 0.15) is 17.7 Å². The quantitative estimate of drug-likeness (QED) is 0.917. The second-order valence-electron chi connectivity index (χ2n) is 3.97. The number of carboxylic acids is 1. The highest BCUT2D eigenvalue weighted by Gasteiger charge is 2.33. The summed E-state index contributed by atoms with van der Waals surface area (Å²) in [5.41, 5.74) is 0. The van der Waals surface area contributed by atoms with Gasteiger partial charge in [-0.25, -0.2) is 4.79 Å². The van der Waals surface area contributed by atoms with Crippen LogP contribution >= 0.6 is 22.9 Å². The maximum Gasteiger partial charge on any atom is 0.326 e. The fraction of sp³-hybridized carbons (Fsp3) is 0.455. The second-order valence-corrected chi connectivity index (χ2v) is 5.77. The molecule has 0 aliphatic carbocycles. The zero-order valence-electron chi connectivity index (χ0n) is 9.06. The molecule has 0 bridgehead atoms. The molecule has 4 nitrogen and oxygen atoms in total. The Morgan fingerprint density at radius 1 is 1.53 bits per heavy atom. The Morgan fingerprint density at radius 3 is 2.88 bits per heavy atom. The van der Waals surface area contributed by atoms with Crippen LogP contribution in [-0.2, 0) is 16.0 Å². The molecular weight excluding hydrogens is 262 g/mol. The van der Waals surface area contributed by atoms with E-state index in [-0.39, 0.29) is 12.3 Å². The average molecular weight is 274 g/mol. The van der Waals surface area contributed by atoms with Crippen LogP contribution in [0.25, 0.3) is 0 Å². The van der Waals surface area contributed by atoms with Crippen molar-refractivity contribution in [2.75, 3.05) is 6.54 Å². The minimum absolute atomic E-state index is 0.131. The minimum Gasteiger partial charge on any atom is -0.480 e. The number of likely N-dealkylation sites (tertiary alicyclic amines) is 1. The number of halogens is 1. The number of rotatable bonds is 3. The van der Waals surface area contributed by atoms with Crippen molar-refractivity contribution in [2.45, 2.75) is 25.3 Å². The lowest BCUT2D eigenvalue weighted by Gasteiger charge is -2.20. The molecule has 1 amide bonds. The second kappa shape index (κ2) is 5.06. The van der Waals surface area contributed by atoms with Gasteiger partial charge in [-0.1, -0.05) is 11.6 Å². The number of carboxylic acid groups (broad SMARTS) is 1. The lowest BCUT2D eigenvalue weighted by atomic mass is 10.2. The van der Waals surface area contributed by atoms with Crippen LogP contribution < -0.4 is 0 Å². The van der Waals surface area contributed by atoms with E-state index in [1.165, 1.54) is 16.2 Å². The SMILES string of the molecule is O=C(O)C1CCCN1C(=O)Cc1ccc(Cl)s1. The minimum atomic E-state index is -0.917. The summed E-state index contributed by atoms with van der Waals surface area (Å²) in [6.07, 6.45) is 1.54. The number of nitrogens with zero attached hydrogens (tertiary/aromatic N) is 1. The zero-order valence-corrected chi connectivity index (χ0v) is 10.6. The molecule has 1 N–H and O–H groups in total. The first-order valence-electron chi connectivity index (χ1n) is 5.34. The van der Waals surface area contributed by atoms with Gasteiger partial charge in [0.25, 0.3) is 0 Å². The fourth-order valence-corrected chi connectivity index (χ4v) is 3.10. The number of amides is 1. The van der Waals surface area contributed by atoms with Gasteiger partial charge in [-0.2, -0.15) is 0 Å². The normalized spacial score (nSPS) is 19.6. The number of thiophene rings is 1. The number of carbonyl (C=O) groups is 2. The summed E-state index contributed by atoms with van der Waals surface area (Å²) in [6, 6.07) is 2.89. The van der Waals surface area contributed by atoms with Crippen molar-refractivity contribution in [2.24, 2.45) is 0 Å². The molecule has 2 heterocycles. The fourth-order valence-electron chi connectivity index (χ4n) is 2.02. The summed E-state index contributed by atoms with van der Waals surface area (Å²) in [5, 5.41) is 8.99. The molecule has 92 valence electrons. The third-order valence-electron chi connectivity index (χ3n) is 2.81. The van der Waals surface area contributed by atoms with Crippen LogP contribution in [0.5, 0.6) is 0 Å². The van der Waals surface area contributed by atoms with Gasteiger partial charge in [0.2, 0.25) is 5.91 Å². The Labute approximate surface area is 108 Å². The molecule has 1 aromatic rings. The molecule has 1 atom stereocenters. The van der Waals surface area contributed by atoms with E-state index in [1.807, 2.05) is 0 Å². The van der Waals surface area contributed by atoms with Crippen molar-refractivity contribution in [3.05, 3.63) is 21.3 Å². The van der Waals surface area contributed by atoms with Crippen molar-refractivity contribution in [3.8, 4) is 0 Å². The van der Waals surface area contributed by atoms with Gasteiger partial charge in [-0.3, -0.25) is 4.79 Å². The van der Waals surface area contributed by atoms with Gasteiger partial charge < -0.3 is 10.0 Å². The molecule has 6 heteroatoms. The molecule has 1 aliphatic rings. The van der Waals surface area contributed by atoms with Gasteiger partial charge in [-0.15, -0.1) is 11.3 Å². The molecule has 0 saturated carbocycles. The van der Waals surface area contributed by atoms with Crippen molar-refractivity contribution < 1.29 is 14.7 Å². The van der Waals surface area contributed by atoms with Crippen LogP contribution in [0, 0.1) is 0 Å². The Balaban J connectivity index is 2.02. The topological polar surface area (TPSA) is 57.6 Å². The number of hydrogen-bond acceptors (Lipinski definition) is 3. The maximum absolute atomic E-state index is 12.0. The lowest BCUT2D eigenvalue weighted by molar-refractivity contribution is -0.147. The van der Waals surface area contributed by atoms with Crippen molar-refractivity contribution in [3.63, 3.8) is 0 Å². The average Bonchev–Trinajstić information content (AvgIpc) is 2.86. The van der Waals surface area contributed by atoms with E-state index in [0.717, 1.165) is 11.3 Å². The first-order valence-corrected chi connectivity index (χ1v) is 6.54. The molecule has 17 heavy (non-hydrogen) atoms. The van der Waals surface area contributed by atoms with Gasteiger partial charge in [-0.05, 0) is 25.0 Å². The summed E-state index contributed by atoms with van der Waals surface area (Å²) in [4.78, 5) is 25.3. The zero-order chi connectivity index (χ0) is 12.4. The van der Waals surface area contributed by atoms with Crippen LogP contribution in [0.2, 0.25) is 4.34 Å². The predicted molar refractivity (Wildman–Crippen MR) is 65.4 cm³/mol. The lowest BCUT2D eigenvalue weighted by Crippen LogP contribution is -2.41. The first kappa shape index (κ1) is 12.4. The Morgan fingerprint density at radius 2 is 2.29 bits per heavy atom. The maximum atomic E-state index is 12.0. The van der Waals surface area contributed by atoms with E-state index >= 15 is 0 Å². The standard InChI is InChI=1S/C11H12ClNO3S/c12-9-4-3-7(17-9)6-10(14)13-5-1-2-8(13)11(15)16/h3-4,8H,1-2,5-6H2,(H,15,16). The summed E-state index contributed by atoms with van der Waals surface area (Å²) >= 11 is 7.14. The molecule has 0 radical (unpaired) electrons. The first-order chi connectivity index (χ1) is 8.08. The molecule has 1 fully saturated rings. The highest BCUT2D eigenvalue weighted by molar-refractivity contribution is 7.16. The van der Waals surface area contributed by atoms with Crippen molar-refractivity contribution in [1.29, 1.82) is 0 Å². The predicted octanol–water partition coefficient (Wildman–Crippen LogP) is 2.02. The molecule has 1 aliphatic heterocycles. The van der Waals surface area contributed by atoms with Gasteiger partial charge in [0.1, 0.15) is 6.04 Å². The molecular formula is C11H12ClNO3S. The molecule has 1 unspecified atom stereocenters. The number of aliphatic carboxylic acids is 1. The van der Waals surface area contributed by atoms with Crippen LogP contribution in [0.15, 0.2) is 12.1 Å². The highest BCUT2D eigenvalue weighted by atomic mass is 35.5. The van der Waals surface area contributed by atoms with Gasteiger partial charge in [0.05, 0.1) is 10.8 Å². The molecule has 1 aromatic heterocycles. The summed E-state index contributed by atoms with van der Waals surface area (Å²) in [6.45, 7) is 0.537. The van der Waals surface area contributed by atoms with Gasteiger partial charge in [0, 0.05) is 11.4 Å². The van der Waals surface area contributed by atoms with E-state index in [0.29, 0.717) is 17.3 Å². The third kappa shape index (κ3) is 2.79. The van der Waals surface area contributed by atoms with Crippen LogP contribution in [0.3, 0.4) is 0 Å².